The number of allylic oxidation sites excluding steroid dienone is 1. The molecule has 0 aliphatic rings. The van der Waals surface area contributed by atoms with Gasteiger partial charge in [0.25, 0.3) is 0 Å². The van der Waals surface area contributed by atoms with Crippen LogP contribution in [-0.2, 0) is 4.79 Å². The highest BCUT2D eigenvalue weighted by atomic mass is 16.1. The van der Waals surface area contributed by atoms with Crippen molar-refractivity contribution < 1.29 is 4.79 Å². The normalized spacial score (nSPS) is 13.5. The number of primary amides is 1. The van der Waals surface area contributed by atoms with Gasteiger partial charge in [0.05, 0.1) is 6.04 Å². The van der Waals surface area contributed by atoms with Crippen LogP contribution in [0.5, 0.6) is 0 Å². The van der Waals surface area contributed by atoms with Crippen molar-refractivity contribution in [2.75, 3.05) is 13.1 Å². The number of hydrogen-bond donors (Lipinski definition) is 3. The van der Waals surface area contributed by atoms with E-state index in [1.807, 2.05) is 0 Å². The summed E-state index contributed by atoms with van der Waals surface area (Å²) >= 11 is 0. The molecule has 4 nitrogen and oxygen atoms in total. The molecule has 0 heterocycles. The SMILES string of the molecule is CCC/C=C(\CCC)CNCCCC[C@H](N)C(N)=O. The summed E-state index contributed by atoms with van der Waals surface area (Å²) in [6.45, 7) is 6.37. The Labute approximate surface area is 118 Å². The maximum atomic E-state index is 10.8. The molecule has 0 bridgehead atoms. The van der Waals surface area contributed by atoms with E-state index in [1.165, 1.54) is 31.3 Å². The van der Waals surface area contributed by atoms with Crippen LogP contribution < -0.4 is 16.8 Å². The summed E-state index contributed by atoms with van der Waals surface area (Å²) in [5.74, 6) is -0.402. The smallest absolute Gasteiger partial charge is 0.234 e. The number of nitrogens with one attached hydrogen (secondary N) is 1. The number of rotatable bonds is 12. The molecule has 0 spiro atoms. The van der Waals surface area contributed by atoms with Gasteiger partial charge in [-0.1, -0.05) is 44.8 Å². The Morgan fingerprint density at radius 2 is 2.00 bits per heavy atom. The molecule has 0 unspecified atom stereocenters. The van der Waals surface area contributed by atoms with Gasteiger partial charge in [-0.2, -0.15) is 0 Å². The average Bonchev–Trinajstić information content (AvgIpc) is 2.39. The van der Waals surface area contributed by atoms with Gasteiger partial charge in [0.1, 0.15) is 0 Å². The van der Waals surface area contributed by atoms with Gasteiger partial charge in [-0.15, -0.1) is 0 Å². The molecule has 0 aromatic carbocycles. The Morgan fingerprint density at radius 3 is 2.58 bits per heavy atom. The van der Waals surface area contributed by atoms with Crippen LogP contribution in [0.4, 0.5) is 0 Å². The van der Waals surface area contributed by atoms with Crippen LogP contribution in [0.2, 0.25) is 0 Å². The van der Waals surface area contributed by atoms with Gasteiger partial charge in [0, 0.05) is 6.54 Å². The number of nitrogens with two attached hydrogens (primary N) is 2. The second kappa shape index (κ2) is 12.2. The Hall–Kier alpha value is -0.870. The predicted octanol–water partition coefficient (Wildman–Crippen LogP) is 2.09. The first-order chi connectivity index (χ1) is 9.11. The minimum absolute atomic E-state index is 0.402. The van der Waals surface area contributed by atoms with Crippen molar-refractivity contribution in [1.82, 2.24) is 5.32 Å². The standard InChI is InChI=1S/C15H31N3O/c1-3-5-9-13(8-4-2)12-18-11-7-6-10-14(16)15(17)19/h9,14,18H,3-8,10-12,16H2,1-2H3,(H2,17,19)/b13-9+/t14-/m0/s1. The Morgan fingerprint density at radius 1 is 1.26 bits per heavy atom. The number of carbonyl (C=O) groups excluding carboxylic acids is 1. The zero-order valence-corrected chi connectivity index (χ0v) is 12.6. The molecule has 19 heavy (non-hydrogen) atoms. The van der Waals surface area contributed by atoms with Crippen molar-refractivity contribution in [2.24, 2.45) is 11.5 Å². The maximum absolute atomic E-state index is 10.8. The second-order valence-electron chi connectivity index (χ2n) is 5.08. The van der Waals surface area contributed by atoms with Crippen LogP contribution in [0.3, 0.4) is 0 Å². The third-order valence-corrected chi connectivity index (χ3v) is 3.13. The van der Waals surface area contributed by atoms with Gasteiger partial charge in [0.15, 0.2) is 0 Å². The molecule has 0 aliphatic carbocycles. The summed E-state index contributed by atoms with van der Waals surface area (Å²) < 4.78 is 0. The molecule has 0 aromatic heterocycles. The highest BCUT2D eigenvalue weighted by molar-refractivity contribution is 5.79. The lowest BCUT2D eigenvalue weighted by molar-refractivity contribution is -0.119. The predicted molar refractivity (Wildman–Crippen MR) is 81.8 cm³/mol. The minimum Gasteiger partial charge on any atom is -0.368 e. The molecule has 0 saturated carbocycles. The van der Waals surface area contributed by atoms with Crippen molar-refractivity contribution >= 4 is 5.91 Å². The fraction of sp³-hybridized carbons (Fsp3) is 0.800. The quantitative estimate of drug-likeness (QED) is 0.375. The Bertz CT molecular complexity index is 264. The molecule has 0 aromatic rings. The van der Waals surface area contributed by atoms with Gasteiger partial charge < -0.3 is 16.8 Å². The van der Waals surface area contributed by atoms with Gasteiger partial charge in [-0.05, 0) is 32.2 Å². The van der Waals surface area contributed by atoms with Crippen LogP contribution in [0.1, 0.15) is 58.8 Å². The van der Waals surface area contributed by atoms with Crippen LogP contribution in [0.15, 0.2) is 11.6 Å². The van der Waals surface area contributed by atoms with Crippen LogP contribution in [0.25, 0.3) is 0 Å². The molecule has 5 N–H and O–H groups in total. The largest absolute Gasteiger partial charge is 0.368 e. The minimum atomic E-state index is -0.486. The highest BCUT2D eigenvalue weighted by Gasteiger charge is 2.07. The second-order valence-corrected chi connectivity index (χ2v) is 5.08. The monoisotopic (exact) mass is 269 g/mol. The zero-order chi connectivity index (χ0) is 14.5. The van der Waals surface area contributed by atoms with Gasteiger partial charge in [0.2, 0.25) is 5.91 Å². The third kappa shape index (κ3) is 10.7. The van der Waals surface area contributed by atoms with E-state index in [-0.39, 0.29) is 0 Å². The number of amides is 1. The third-order valence-electron chi connectivity index (χ3n) is 3.13. The summed E-state index contributed by atoms with van der Waals surface area (Å²) in [4.78, 5) is 10.8. The van der Waals surface area contributed by atoms with Crippen LogP contribution in [0, 0.1) is 0 Å². The Kier molecular flexibility index (Phi) is 11.6. The molecule has 112 valence electrons. The molecular formula is C15H31N3O. The van der Waals surface area contributed by atoms with Crippen LogP contribution in [-0.4, -0.2) is 25.0 Å². The summed E-state index contributed by atoms with van der Waals surface area (Å²) in [6, 6.07) is -0.486. The molecule has 1 amide bonds. The van der Waals surface area contributed by atoms with E-state index in [0.717, 1.165) is 25.9 Å². The summed E-state index contributed by atoms with van der Waals surface area (Å²) in [6.07, 6.45) is 9.78. The lowest BCUT2D eigenvalue weighted by Gasteiger charge is -2.10. The first kappa shape index (κ1) is 18.1. The lowest BCUT2D eigenvalue weighted by atomic mass is 10.1. The van der Waals surface area contributed by atoms with E-state index in [9.17, 15) is 4.79 Å². The number of carbonyl (C=O) groups is 1. The van der Waals surface area contributed by atoms with Gasteiger partial charge in [-0.25, -0.2) is 0 Å². The molecular weight excluding hydrogens is 238 g/mol. The van der Waals surface area contributed by atoms with E-state index in [1.54, 1.807) is 0 Å². The topological polar surface area (TPSA) is 81.1 Å². The molecule has 0 rings (SSSR count). The van der Waals surface area contributed by atoms with E-state index in [2.05, 4.69) is 25.2 Å². The number of hydrogen-bond acceptors (Lipinski definition) is 3. The number of unbranched alkanes of at least 4 members (excludes halogenated alkanes) is 2. The zero-order valence-electron chi connectivity index (χ0n) is 12.6. The molecule has 0 fully saturated rings. The van der Waals surface area contributed by atoms with Crippen LogP contribution >= 0.6 is 0 Å². The maximum Gasteiger partial charge on any atom is 0.234 e. The van der Waals surface area contributed by atoms with Crippen molar-refractivity contribution in [2.45, 2.75) is 64.8 Å². The molecule has 4 heteroatoms. The fourth-order valence-corrected chi connectivity index (χ4v) is 1.94. The van der Waals surface area contributed by atoms with Gasteiger partial charge in [-0.3, -0.25) is 4.79 Å². The fourth-order valence-electron chi connectivity index (χ4n) is 1.94. The summed E-state index contributed by atoms with van der Waals surface area (Å²) in [5, 5.41) is 3.46. The first-order valence-corrected chi connectivity index (χ1v) is 7.55. The molecule has 1 atom stereocenters. The summed E-state index contributed by atoms with van der Waals surface area (Å²) in [5.41, 5.74) is 12.2. The highest BCUT2D eigenvalue weighted by Crippen LogP contribution is 2.06. The van der Waals surface area contributed by atoms with E-state index in [0.29, 0.717) is 6.42 Å². The molecule has 0 radical (unpaired) electrons. The van der Waals surface area contributed by atoms with Crippen molar-refractivity contribution in [3.8, 4) is 0 Å². The lowest BCUT2D eigenvalue weighted by Crippen LogP contribution is -2.36. The van der Waals surface area contributed by atoms with E-state index >= 15 is 0 Å². The van der Waals surface area contributed by atoms with Crippen molar-refractivity contribution in [3.63, 3.8) is 0 Å². The van der Waals surface area contributed by atoms with E-state index < -0.39 is 11.9 Å². The first-order valence-electron chi connectivity index (χ1n) is 7.55. The molecule has 0 aliphatic heterocycles. The van der Waals surface area contributed by atoms with Crippen molar-refractivity contribution in [1.29, 1.82) is 0 Å². The average molecular weight is 269 g/mol. The summed E-state index contributed by atoms with van der Waals surface area (Å²) in [7, 11) is 0. The van der Waals surface area contributed by atoms with Crippen molar-refractivity contribution in [3.05, 3.63) is 11.6 Å². The Balaban J connectivity index is 3.62. The van der Waals surface area contributed by atoms with Gasteiger partial charge >= 0.3 is 0 Å². The van der Waals surface area contributed by atoms with E-state index in [4.69, 9.17) is 11.5 Å². The molecule has 0 saturated heterocycles.